The number of aromatic nitrogens is 2. The molecule has 0 amide bonds. The maximum absolute atomic E-state index is 13.2. The topological polar surface area (TPSA) is 56.1 Å². The zero-order valence-electron chi connectivity index (χ0n) is 15.1. The van der Waals surface area contributed by atoms with Gasteiger partial charge in [-0.25, -0.2) is 4.98 Å². The zero-order valence-corrected chi connectivity index (χ0v) is 15.1. The summed E-state index contributed by atoms with van der Waals surface area (Å²) >= 11 is 0. The van der Waals surface area contributed by atoms with Crippen LogP contribution in [0.2, 0.25) is 0 Å². The van der Waals surface area contributed by atoms with E-state index in [0.717, 1.165) is 5.56 Å². The van der Waals surface area contributed by atoms with E-state index in [1.165, 1.54) is 0 Å². The average Bonchev–Trinajstić information content (AvgIpc) is 2.69. The Morgan fingerprint density at radius 2 is 1.62 bits per heavy atom. The van der Waals surface area contributed by atoms with Gasteiger partial charge < -0.3 is 14.4 Å². The number of benzene rings is 1. The molecule has 136 valence electrons. The van der Waals surface area contributed by atoms with Crippen molar-refractivity contribution in [2.75, 3.05) is 45.4 Å². The molecular formula is C20H23N3O3. The van der Waals surface area contributed by atoms with E-state index < -0.39 is 0 Å². The van der Waals surface area contributed by atoms with Crippen LogP contribution in [-0.4, -0.2) is 49.9 Å². The Labute approximate surface area is 152 Å². The van der Waals surface area contributed by atoms with Crippen LogP contribution >= 0.6 is 0 Å². The van der Waals surface area contributed by atoms with Gasteiger partial charge in [-0.15, -0.1) is 0 Å². The van der Waals surface area contributed by atoms with E-state index in [0.29, 0.717) is 43.3 Å². The summed E-state index contributed by atoms with van der Waals surface area (Å²) in [6, 6.07) is 15.2. The molecule has 0 fully saturated rings. The van der Waals surface area contributed by atoms with Gasteiger partial charge in [-0.2, -0.15) is 0 Å². The van der Waals surface area contributed by atoms with Crippen LogP contribution in [0.5, 0.6) is 0 Å². The maximum Gasteiger partial charge on any atom is 0.267 e. The third-order valence-electron chi connectivity index (χ3n) is 4.21. The molecule has 0 aliphatic heterocycles. The lowest BCUT2D eigenvalue weighted by Crippen LogP contribution is -2.34. The van der Waals surface area contributed by atoms with Gasteiger partial charge in [0.25, 0.3) is 5.56 Å². The second-order valence-electron chi connectivity index (χ2n) is 5.88. The first-order valence-corrected chi connectivity index (χ1v) is 8.56. The van der Waals surface area contributed by atoms with Crippen molar-refractivity contribution in [3.8, 4) is 11.1 Å². The summed E-state index contributed by atoms with van der Waals surface area (Å²) in [6.45, 7) is 2.31. The molecule has 0 aliphatic carbocycles. The van der Waals surface area contributed by atoms with Crippen molar-refractivity contribution in [3.63, 3.8) is 0 Å². The fraction of sp³-hybridized carbons (Fsp3) is 0.300. The molecule has 0 atom stereocenters. The average molecular weight is 353 g/mol. The summed E-state index contributed by atoms with van der Waals surface area (Å²) in [5, 5.41) is 0. The van der Waals surface area contributed by atoms with Gasteiger partial charge in [-0.3, -0.25) is 9.20 Å². The standard InChI is InChI=1S/C20H23N3O3/c1-25-14-12-22(13-15-26-2)19-18(16-8-4-3-5-9-16)20(24)23-11-7-6-10-17(23)21-19/h3-11H,12-15H2,1-2H3. The van der Waals surface area contributed by atoms with Gasteiger partial charge in [0.1, 0.15) is 11.5 Å². The summed E-state index contributed by atoms with van der Waals surface area (Å²) in [5.41, 5.74) is 1.96. The summed E-state index contributed by atoms with van der Waals surface area (Å²) in [4.78, 5) is 20.1. The second kappa shape index (κ2) is 8.60. The lowest BCUT2D eigenvalue weighted by Gasteiger charge is -2.25. The third kappa shape index (κ3) is 3.76. The molecule has 0 saturated carbocycles. The summed E-state index contributed by atoms with van der Waals surface area (Å²) < 4.78 is 12.1. The van der Waals surface area contributed by atoms with Crippen molar-refractivity contribution in [1.29, 1.82) is 0 Å². The van der Waals surface area contributed by atoms with E-state index >= 15 is 0 Å². The van der Waals surface area contributed by atoms with E-state index in [1.54, 1.807) is 24.8 Å². The largest absolute Gasteiger partial charge is 0.383 e. The predicted octanol–water partition coefficient (Wildman–Crippen LogP) is 2.46. The molecule has 0 saturated heterocycles. The Balaban J connectivity index is 2.22. The molecule has 3 rings (SSSR count). The van der Waals surface area contributed by atoms with E-state index in [9.17, 15) is 4.79 Å². The van der Waals surface area contributed by atoms with Gasteiger partial charge in [0.2, 0.25) is 0 Å². The highest BCUT2D eigenvalue weighted by molar-refractivity contribution is 5.76. The van der Waals surface area contributed by atoms with Gasteiger partial charge in [0, 0.05) is 33.5 Å². The smallest absolute Gasteiger partial charge is 0.267 e. The molecule has 0 spiro atoms. The Morgan fingerprint density at radius 3 is 2.27 bits per heavy atom. The van der Waals surface area contributed by atoms with Gasteiger partial charge in [-0.1, -0.05) is 36.4 Å². The minimum Gasteiger partial charge on any atom is -0.383 e. The van der Waals surface area contributed by atoms with Crippen LogP contribution in [-0.2, 0) is 9.47 Å². The van der Waals surface area contributed by atoms with Crippen LogP contribution in [0.25, 0.3) is 16.8 Å². The number of anilines is 1. The number of rotatable bonds is 8. The van der Waals surface area contributed by atoms with Gasteiger partial charge in [0.15, 0.2) is 0 Å². The highest BCUT2D eigenvalue weighted by Crippen LogP contribution is 2.26. The molecule has 1 aromatic carbocycles. The number of methoxy groups -OCH3 is 2. The summed E-state index contributed by atoms with van der Waals surface area (Å²) in [6.07, 6.45) is 1.75. The van der Waals surface area contributed by atoms with Crippen LogP contribution in [0.3, 0.4) is 0 Å². The van der Waals surface area contributed by atoms with Gasteiger partial charge in [-0.05, 0) is 17.7 Å². The van der Waals surface area contributed by atoms with E-state index in [4.69, 9.17) is 14.5 Å². The van der Waals surface area contributed by atoms with Crippen molar-refractivity contribution < 1.29 is 9.47 Å². The number of hydrogen-bond acceptors (Lipinski definition) is 5. The van der Waals surface area contributed by atoms with Gasteiger partial charge >= 0.3 is 0 Å². The molecule has 0 aliphatic rings. The summed E-state index contributed by atoms with van der Waals surface area (Å²) in [5.74, 6) is 0.654. The van der Waals surface area contributed by atoms with Crippen LogP contribution in [0.4, 0.5) is 5.82 Å². The normalized spacial score (nSPS) is 11.0. The molecule has 2 aromatic heterocycles. The number of fused-ring (bicyclic) bond motifs is 1. The fourth-order valence-electron chi connectivity index (χ4n) is 2.89. The Morgan fingerprint density at radius 1 is 0.962 bits per heavy atom. The number of nitrogens with zero attached hydrogens (tertiary/aromatic N) is 3. The predicted molar refractivity (Wildman–Crippen MR) is 103 cm³/mol. The molecule has 2 heterocycles. The number of pyridine rings is 1. The quantitative estimate of drug-likeness (QED) is 0.623. The van der Waals surface area contributed by atoms with Gasteiger partial charge in [0.05, 0.1) is 18.8 Å². The second-order valence-corrected chi connectivity index (χ2v) is 5.88. The summed E-state index contributed by atoms with van der Waals surface area (Å²) in [7, 11) is 3.32. The third-order valence-corrected chi connectivity index (χ3v) is 4.21. The molecule has 0 radical (unpaired) electrons. The van der Waals surface area contributed by atoms with Crippen molar-refractivity contribution in [2.45, 2.75) is 0 Å². The number of ether oxygens (including phenoxy) is 2. The highest BCUT2D eigenvalue weighted by Gasteiger charge is 2.19. The van der Waals surface area contributed by atoms with Crippen molar-refractivity contribution in [1.82, 2.24) is 9.38 Å². The molecule has 26 heavy (non-hydrogen) atoms. The Hall–Kier alpha value is -2.70. The van der Waals surface area contributed by atoms with Crippen molar-refractivity contribution in [2.24, 2.45) is 0 Å². The van der Waals surface area contributed by atoms with E-state index in [-0.39, 0.29) is 5.56 Å². The molecule has 0 unspecified atom stereocenters. The first-order chi connectivity index (χ1) is 12.8. The molecule has 6 nitrogen and oxygen atoms in total. The Bertz CT molecular complexity index is 901. The molecule has 0 bridgehead atoms. The first kappa shape index (κ1) is 18.1. The van der Waals surface area contributed by atoms with Crippen LogP contribution in [0, 0.1) is 0 Å². The molecule has 0 N–H and O–H groups in total. The van der Waals surface area contributed by atoms with E-state index in [1.807, 2.05) is 53.4 Å². The van der Waals surface area contributed by atoms with Crippen molar-refractivity contribution in [3.05, 3.63) is 65.1 Å². The monoisotopic (exact) mass is 353 g/mol. The minimum absolute atomic E-state index is 0.0865. The first-order valence-electron chi connectivity index (χ1n) is 8.56. The fourth-order valence-corrected chi connectivity index (χ4v) is 2.89. The zero-order chi connectivity index (χ0) is 18.4. The maximum atomic E-state index is 13.2. The van der Waals surface area contributed by atoms with Crippen LogP contribution < -0.4 is 10.5 Å². The lowest BCUT2D eigenvalue weighted by molar-refractivity contribution is 0.190. The Kier molecular flexibility index (Phi) is 5.99. The lowest BCUT2D eigenvalue weighted by atomic mass is 10.1. The number of hydrogen-bond donors (Lipinski definition) is 0. The molecule has 3 aromatic rings. The molecular weight excluding hydrogens is 330 g/mol. The van der Waals surface area contributed by atoms with Crippen LogP contribution in [0.15, 0.2) is 59.5 Å². The minimum atomic E-state index is -0.0865. The highest BCUT2D eigenvalue weighted by atomic mass is 16.5. The van der Waals surface area contributed by atoms with E-state index in [2.05, 4.69) is 0 Å². The van der Waals surface area contributed by atoms with Crippen LogP contribution in [0.1, 0.15) is 0 Å². The molecule has 6 heteroatoms. The van der Waals surface area contributed by atoms with Crippen molar-refractivity contribution >= 4 is 11.5 Å². The SMILES string of the molecule is COCCN(CCOC)c1nc2ccccn2c(=O)c1-c1ccccc1.